The SMILES string of the molecule is Cc1nn(-c2ccccc2)c(C)c1C(=O)N1CCN(C2CCCC2)CC1. The molecule has 26 heavy (non-hydrogen) atoms. The molecule has 1 aliphatic heterocycles. The van der Waals surface area contributed by atoms with Gasteiger partial charge in [0, 0.05) is 32.2 Å². The van der Waals surface area contributed by atoms with Crippen molar-refractivity contribution >= 4 is 5.91 Å². The average molecular weight is 352 g/mol. The van der Waals surface area contributed by atoms with Crippen LogP contribution in [0.25, 0.3) is 5.69 Å². The number of aryl methyl sites for hydroxylation is 1. The first-order valence-electron chi connectivity index (χ1n) is 9.80. The monoisotopic (exact) mass is 352 g/mol. The summed E-state index contributed by atoms with van der Waals surface area (Å²) in [4.78, 5) is 17.8. The number of benzene rings is 1. The van der Waals surface area contributed by atoms with Crippen LogP contribution in [0.15, 0.2) is 30.3 Å². The van der Waals surface area contributed by atoms with E-state index in [2.05, 4.69) is 10.00 Å². The van der Waals surface area contributed by atoms with Crippen LogP contribution in [0.4, 0.5) is 0 Å². The number of carbonyl (C=O) groups excluding carboxylic acids is 1. The molecule has 0 bridgehead atoms. The molecule has 0 atom stereocenters. The van der Waals surface area contributed by atoms with Crippen molar-refractivity contribution in [1.29, 1.82) is 0 Å². The molecule has 1 saturated heterocycles. The summed E-state index contributed by atoms with van der Waals surface area (Å²) in [6.45, 7) is 7.58. The van der Waals surface area contributed by atoms with Crippen molar-refractivity contribution in [3.05, 3.63) is 47.3 Å². The summed E-state index contributed by atoms with van der Waals surface area (Å²) in [6.07, 6.45) is 5.38. The Morgan fingerprint density at radius 3 is 2.31 bits per heavy atom. The molecule has 0 spiro atoms. The van der Waals surface area contributed by atoms with E-state index < -0.39 is 0 Å². The summed E-state index contributed by atoms with van der Waals surface area (Å²) < 4.78 is 1.89. The summed E-state index contributed by atoms with van der Waals surface area (Å²) in [5.74, 6) is 0.133. The van der Waals surface area contributed by atoms with Gasteiger partial charge in [0.25, 0.3) is 5.91 Å². The van der Waals surface area contributed by atoms with Crippen molar-refractivity contribution in [2.45, 2.75) is 45.6 Å². The van der Waals surface area contributed by atoms with E-state index in [4.69, 9.17) is 0 Å². The second-order valence-corrected chi connectivity index (χ2v) is 7.56. The van der Waals surface area contributed by atoms with Crippen molar-refractivity contribution in [1.82, 2.24) is 19.6 Å². The van der Waals surface area contributed by atoms with E-state index in [1.807, 2.05) is 53.8 Å². The van der Waals surface area contributed by atoms with Gasteiger partial charge in [-0.1, -0.05) is 31.0 Å². The predicted octanol–water partition coefficient (Wildman–Crippen LogP) is 3.19. The first-order chi connectivity index (χ1) is 12.6. The Balaban J connectivity index is 1.49. The number of carbonyl (C=O) groups is 1. The fraction of sp³-hybridized carbons (Fsp3) is 0.524. The van der Waals surface area contributed by atoms with Crippen LogP contribution in [-0.2, 0) is 0 Å². The number of hydrogen-bond donors (Lipinski definition) is 0. The molecule has 2 fully saturated rings. The molecule has 2 aliphatic rings. The Morgan fingerprint density at radius 2 is 1.65 bits per heavy atom. The fourth-order valence-electron chi connectivity index (χ4n) is 4.49. The van der Waals surface area contributed by atoms with Crippen LogP contribution in [0.2, 0.25) is 0 Å². The largest absolute Gasteiger partial charge is 0.336 e. The highest BCUT2D eigenvalue weighted by Gasteiger charge is 2.30. The lowest BCUT2D eigenvalue weighted by molar-refractivity contribution is 0.0572. The summed E-state index contributed by atoms with van der Waals surface area (Å²) >= 11 is 0. The molecule has 2 heterocycles. The summed E-state index contributed by atoms with van der Waals surface area (Å²) in [5.41, 5.74) is 3.51. The van der Waals surface area contributed by atoms with Crippen molar-refractivity contribution in [3.63, 3.8) is 0 Å². The Kier molecular flexibility index (Phi) is 4.81. The molecule has 5 heteroatoms. The zero-order valence-electron chi connectivity index (χ0n) is 15.8. The highest BCUT2D eigenvalue weighted by Crippen LogP contribution is 2.25. The van der Waals surface area contributed by atoms with E-state index in [0.717, 1.165) is 54.9 Å². The van der Waals surface area contributed by atoms with Crippen LogP contribution in [0.3, 0.4) is 0 Å². The van der Waals surface area contributed by atoms with E-state index in [-0.39, 0.29) is 5.91 Å². The second-order valence-electron chi connectivity index (χ2n) is 7.56. The summed E-state index contributed by atoms with van der Waals surface area (Å²) in [7, 11) is 0. The standard InChI is InChI=1S/C21H28N4O/c1-16-20(17(2)25(22-16)19-10-4-3-5-11-19)21(26)24-14-12-23(13-15-24)18-8-6-7-9-18/h3-5,10-11,18H,6-9,12-15H2,1-2H3. The first-order valence-corrected chi connectivity index (χ1v) is 9.80. The molecule has 2 aromatic rings. The minimum absolute atomic E-state index is 0.133. The smallest absolute Gasteiger partial charge is 0.257 e. The van der Waals surface area contributed by atoms with E-state index in [1.165, 1.54) is 25.7 Å². The van der Waals surface area contributed by atoms with Gasteiger partial charge in [-0.05, 0) is 38.8 Å². The maximum absolute atomic E-state index is 13.2. The van der Waals surface area contributed by atoms with Gasteiger partial charge in [-0.15, -0.1) is 0 Å². The average Bonchev–Trinajstić information content (AvgIpc) is 3.30. The van der Waals surface area contributed by atoms with Crippen LogP contribution < -0.4 is 0 Å². The molecule has 0 radical (unpaired) electrons. The molecular formula is C21H28N4O. The number of piperazine rings is 1. The number of amides is 1. The van der Waals surface area contributed by atoms with E-state index in [9.17, 15) is 4.79 Å². The molecule has 1 aliphatic carbocycles. The normalized spacial score (nSPS) is 19.2. The maximum atomic E-state index is 13.2. The lowest BCUT2D eigenvalue weighted by atomic mass is 10.1. The van der Waals surface area contributed by atoms with Crippen molar-refractivity contribution in [3.8, 4) is 5.69 Å². The molecule has 0 unspecified atom stereocenters. The maximum Gasteiger partial charge on any atom is 0.257 e. The second kappa shape index (κ2) is 7.23. The molecular weight excluding hydrogens is 324 g/mol. The van der Waals surface area contributed by atoms with Gasteiger partial charge in [0.1, 0.15) is 0 Å². The van der Waals surface area contributed by atoms with Crippen LogP contribution >= 0.6 is 0 Å². The number of hydrogen-bond acceptors (Lipinski definition) is 3. The van der Waals surface area contributed by atoms with Gasteiger partial charge in [0.05, 0.1) is 22.6 Å². The van der Waals surface area contributed by atoms with Gasteiger partial charge in [-0.3, -0.25) is 9.69 Å². The number of aromatic nitrogens is 2. The number of para-hydroxylation sites is 1. The zero-order chi connectivity index (χ0) is 18.1. The molecule has 138 valence electrons. The lowest BCUT2D eigenvalue weighted by Gasteiger charge is -2.38. The molecule has 1 aromatic carbocycles. The van der Waals surface area contributed by atoms with Gasteiger partial charge in [0.2, 0.25) is 0 Å². The molecule has 5 nitrogen and oxygen atoms in total. The Labute approximate surface area is 155 Å². The van der Waals surface area contributed by atoms with Crippen LogP contribution in [-0.4, -0.2) is 57.7 Å². The van der Waals surface area contributed by atoms with Crippen molar-refractivity contribution in [2.75, 3.05) is 26.2 Å². The fourth-order valence-corrected chi connectivity index (χ4v) is 4.49. The summed E-state index contributed by atoms with van der Waals surface area (Å²) in [5, 5.41) is 4.63. The lowest BCUT2D eigenvalue weighted by Crippen LogP contribution is -2.51. The highest BCUT2D eigenvalue weighted by atomic mass is 16.2. The van der Waals surface area contributed by atoms with Crippen LogP contribution in [0.1, 0.15) is 47.4 Å². The third-order valence-corrected chi connectivity index (χ3v) is 5.95. The topological polar surface area (TPSA) is 41.4 Å². The minimum Gasteiger partial charge on any atom is -0.336 e. The Morgan fingerprint density at radius 1 is 1.00 bits per heavy atom. The third kappa shape index (κ3) is 3.16. The Hall–Kier alpha value is -2.14. The van der Waals surface area contributed by atoms with Crippen LogP contribution in [0, 0.1) is 13.8 Å². The van der Waals surface area contributed by atoms with E-state index >= 15 is 0 Å². The minimum atomic E-state index is 0.133. The van der Waals surface area contributed by atoms with Crippen molar-refractivity contribution in [2.24, 2.45) is 0 Å². The van der Waals surface area contributed by atoms with Gasteiger partial charge in [-0.25, -0.2) is 4.68 Å². The highest BCUT2D eigenvalue weighted by molar-refractivity contribution is 5.96. The molecule has 0 N–H and O–H groups in total. The van der Waals surface area contributed by atoms with Gasteiger partial charge in [0.15, 0.2) is 0 Å². The third-order valence-electron chi connectivity index (χ3n) is 5.95. The van der Waals surface area contributed by atoms with Crippen LogP contribution in [0.5, 0.6) is 0 Å². The van der Waals surface area contributed by atoms with Gasteiger partial charge >= 0.3 is 0 Å². The Bertz CT molecular complexity index is 769. The van der Waals surface area contributed by atoms with E-state index in [1.54, 1.807) is 0 Å². The zero-order valence-corrected chi connectivity index (χ0v) is 15.8. The number of nitrogens with zero attached hydrogens (tertiary/aromatic N) is 4. The quantitative estimate of drug-likeness (QED) is 0.852. The summed E-state index contributed by atoms with van der Waals surface area (Å²) in [6, 6.07) is 10.8. The first kappa shape index (κ1) is 17.3. The van der Waals surface area contributed by atoms with Gasteiger partial charge < -0.3 is 4.90 Å². The van der Waals surface area contributed by atoms with Gasteiger partial charge in [-0.2, -0.15) is 5.10 Å². The molecule has 1 aromatic heterocycles. The predicted molar refractivity (Wildman–Crippen MR) is 103 cm³/mol. The molecule has 1 saturated carbocycles. The molecule has 4 rings (SSSR count). The number of rotatable bonds is 3. The van der Waals surface area contributed by atoms with Crippen molar-refractivity contribution < 1.29 is 4.79 Å². The molecule has 1 amide bonds. The van der Waals surface area contributed by atoms with E-state index in [0.29, 0.717) is 0 Å².